The molecule has 0 radical (unpaired) electrons. The lowest BCUT2D eigenvalue weighted by atomic mass is 10.0. The number of ether oxygens (including phenoxy) is 1. The monoisotopic (exact) mass is 430 g/mol. The minimum Gasteiger partial charge on any atom is -0.504 e. The van der Waals surface area contributed by atoms with Crippen LogP contribution >= 0.6 is 12.2 Å². The molecule has 3 aromatic carbocycles. The first-order valence-corrected chi connectivity index (χ1v) is 9.83. The molecule has 0 unspecified atom stereocenters. The standard InChI is InChI=1S/C24H18N2O4S/c1-30-21-15-16(12-13-20(21)27)14-19-22(28)25(17-8-4-2-5-9-17)24(31)26(23(19)29)18-10-6-3-7-11-18/h2-15,27H,1H3. The number of carbonyl (C=O) groups excluding carboxylic acids is 2. The van der Waals surface area contributed by atoms with Gasteiger partial charge in [-0.25, -0.2) is 0 Å². The fourth-order valence-corrected chi connectivity index (χ4v) is 3.67. The molecule has 0 bridgehead atoms. The number of carbonyl (C=O) groups is 2. The van der Waals surface area contributed by atoms with E-state index in [-0.39, 0.29) is 22.2 Å². The van der Waals surface area contributed by atoms with Gasteiger partial charge in [-0.15, -0.1) is 0 Å². The average Bonchev–Trinajstić information content (AvgIpc) is 2.79. The lowest BCUT2D eigenvalue weighted by Gasteiger charge is -2.36. The van der Waals surface area contributed by atoms with Crippen LogP contribution in [0, 0.1) is 0 Å². The molecule has 31 heavy (non-hydrogen) atoms. The first-order chi connectivity index (χ1) is 15.0. The number of nitrogens with zero attached hydrogens (tertiary/aromatic N) is 2. The van der Waals surface area contributed by atoms with E-state index in [1.54, 1.807) is 60.7 Å². The average molecular weight is 430 g/mol. The molecule has 0 aromatic heterocycles. The van der Waals surface area contributed by atoms with Crippen LogP contribution in [0.25, 0.3) is 6.08 Å². The van der Waals surface area contributed by atoms with Gasteiger partial charge in [0.2, 0.25) is 0 Å². The van der Waals surface area contributed by atoms with Crippen LogP contribution < -0.4 is 14.5 Å². The summed E-state index contributed by atoms with van der Waals surface area (Å²) in [5, 5.41) is 9.92. The van der Waals surface area contributed by atoms with Crippen molar-refractivity contribution in [3.63, 3.8) is 0 Å². The van der Waals surface area contributed by atoms with Gasteiger partial charge in [0.05, 0.1) is 18.5 Å². The molecule has 0 saturated carbocycles. The van der Waals surface area contributed by atoms with Crippen LogP contribution in [-0.2, 0) is 9.59 Å². The van der Waals surface area contributed by atoms with Crippen LogP contribution in [-0.4, -0.2) is 29.1 Å². The normalized spacial score (nSPS) is 14.1. The molecule has 6 nitrogen and oxygen atoms in total. The van der Waals surface area contributed by atoms with Crippen molar-refractivity contribution in [3.05, 3.63) is 90.0 Å². The topological polar surface area (TPSA) is 70.1 Å². The second-order valence-corrected chi connectivity index (χ2v) is 7.09. The maximum absolute atomic E-state index is 13.4. The summed E-state index contributed by atoms with van der Waals surface area (Å²) in [6.45, 7) is 0. The number of hydrogen-bond acceptors (Lipinski definition) is 5. The Morgan fingerprint density at radius 1 is 0.839 bits per heavy atom. The van der Waals surface area contributed by atoms with Crippen molar-refractivity contribution in [3.8, 4) is 11.5 Å². The number of amides is 2. The molecule has 2 amide bonds. The van der Waals surface area contributed by atoms with Crippen molar-refractivity contribution in [2.45, 2.75) is 0 Å². The summed E-state index contributed by atoms with van der Waals surface area (Å²) in [4.78, 5) is 29.5. The maximum Gasteiger partial charge on any atom is 0.270 e. The van der Waals surface area contributed by atoms with Crippen LogP contribution in [0.5, 0.6) is 11.5 Å². The molecule has 0 aliphatic carbocycles. The van der Waals surface area contributed by atoms with Gasteiger partial charge in [0, 0.05) is 0 Å². The molecule has 7 heteroatoms. The Bertz CT molecular complexity index is 1130. The highest BCUT2D eigenvalue weighted by atomic mass is 32.1. The van der Waals surface area contributed by atoms with E-state index in [0.29, 0.717) is 16.9 Å². The van der Waals surface area contributed by atoms with E-state index in [4.69, 9.17) is 17.0 Å². The molecule has 3 aromatic rings. The minimum absolute atomic E-state index is 0.0380. The van der Waals surface area contributed by atoms with E-state index >= 15 is 0 Å². The zero-order valence-electron chi connectivity index (χ0n) is 16.6. The third kappa shape index (κ3) is 3.78. The molecule has 1 saturated heterocycles. The first-order valence-electron chi connectivity index (χ1n) is 9.43. The lowest BCUT2D eigenvalue weighted by Crippen LogP contribution is -2.56. The Hall–Kier alpha value is -3.97. The van der Waals surface area contributed by atoms with Gasteiger partial charge in [-0.1, -0.05) is 42.5 Å². The third-order valence-corrected chi connectivity index (χ3v) is 5.16. The highest BCUT2D eigenvalue weighted by Crippen LogP contribution is 2.31. The van der Waals surface area contributed by atoms with E-state index in [2.05, 4.69) is 0 Å². The van der Waals surface area contributed by atoms with E-state index < -0.39 is 11.8 Å². The zero-order valence-corrected chi connectivity index (χ0v) is 17.4. The SMILES string of the molecule is COc1cc(C=C2C(=O)N(c3ccccc3)C(=S)N(c3ccccc3)C2=O)ccc1O. The Morgan fingerprint density at radius 2 is 1.35 bits per heavy atom. The number of methoxy groups -OCH3 is 1. The van der Waals surface area contributed by atoms with Crippen LogP contribution in [0.3, 0.4) is 0 Å². The summed E-state index contributed by atoms with van der Waals surface area (Å²) in [5.74, 6) is -0.856. The van der Waals surface area contributed by atoms with E-state index in [9.17, 15) is 14.7 Å². The number of hydrogen-bond donors (Lipinski definition) is 1. The fraction of sp³-hybridized carbons (Fsp3) is 0.0417. The summed E-state index contributed by atoms with van der Waals surface area (Å²) in [7, 11) is 1.43. The molecule has 1 aliphatic heterocycles. The minimum atomic E-state index is -0.527. The smallest absolute Gasteiger partial charge is 0.270 e. The molecular weight excluding hydrogens is 412 g/mol. The quantitative estimate of drug-likeness (QED) is 0.383. The van der Waals surface area contributed by atoms with Gasteiger partial charge >= 0.3 is 0 Å². The summed E-state index contributed by atoms with van der Waals surface area (Å²) in [6, 6.07) is 22.5. The van der Waals surface area contributed by atoms with E-state index in [1.807, 2.05) is 12.1 Å². The van der Waals surface area contributed by atoms with Crippen LogP contribution in [0.15, 0.2) is 84.4 Å². The van der Waals surface area contributed by atoms with Crippen LogP contribution in [0.1, 0.15) is 5.56 Å². The number of phenols is 1. The molecule has 1 fully saturated rings. The number of phenolic OH excluding ortho intramolecular Hbond substituents is 1. The Balaban J connectivity index is 1.86. The predicted molar refractivity (Wildman–Crippen MR) is 123 cm³/mol. The highest BCUT2D eigenvalue weighted by molar-refractivity contribution is 7.81. The number of benzene rings is 3. The van der Waals surface area contributed by atoms with Gasteiger partial charge in [-0.05, 0) is 60.3 Å². The molecule has 0 spiro atoms. The Labute approximate surface area is 184 Å². The van der Waals surface area contributed by atoms with Gasteiger partial charge in [0.1, 0.15) is 5.57 Å². The Morgan fingerprint density at radius 3 is 1.84 bits per heavy atom. The Kier molecular flexibility index (Phi) is 5.51. The molecule has 1 N–H and O–H groups in total. The first kappa shape index (κ1) is 20.3. The van der Waals surface area contributed by atoms with Crippen LogP contribution in [0.4, 0.5) is 11.4 Å². The zero-order chi connectivity index (χ0) is 22.0. The van der Waals surface area contributed by atoms with Crippen LogP contribution in [0.2, 0.25) is 0 Å². The summed E-state index contributed by atoms with van der Waals surface area (Å²) >= 11 is 5.57. The number of rotatable bonds is 4. The van der Waals surface area contributed by atoms with Gasteiger partial charge in [0.25, 0.3) is 11.8 Å². The maximum atomic E-state index is 13.4. The second-order valence-electron chi connectivity index (χ2n) is 6.72. The van der Waals surface area contributed by atoms with Gasteiger partial charge < -0.3 is 9.84 Å². The lowest BCUT2D eigenvalue weighted by molar-refractivity contribution is -0.120. The van der Waals surface area contributed by atoms with Crippen molar-refractivity contribution in [1.29, 1.82) is 0 Å². The van der Waals surface area contributed by atoms with Gasteiger partial charge in [-0.2, -0.15) is 0 Å². The number of aromatic hydroxyl groups is 1. The molecule has 4 rings (SSSR count). The molecule has 0 atom stereocenters. The van der Waals surface area contributed by atoms with Gasteiger partial charge in [-0.3, -0.25) is 19.4 Å². The summed E-state index contributed by atoms with van der Waals surface area (Å²) < 4.78 is 5.14. The fourth-order valence-electron chi connectivity index (χ4n) is 3.29. The molecule has 1 heterocycles. The number of anilines is 2. The van der Waals surface area contributed by atoms with Gasteiger partial charge in [0.15, 0.2) is 16.6 Å². The predicted octanol–water partition coefficient (Wildman–Crippen LogP) is 4.15. The largest absolute Gasteiger partial charge is 0.504 e. The highest BCUT2D eigenvalue weighted by Gasteiger charge is 2.41. The third-order valence-electron chi connectivity index (χ3n) is 4.79. The van der Waals surface area contributed by atoms with Crippen molar-refractivity contribution in [1.82, 2.24) is 0 Å². The number of thiocarbonyl (C=S) groups is 1. The molecule has 154 valence electrons. The molecule has 1 aliphatic rings. The molecular formula is C24H18N2O4S. The van der Waals surface area contributed by atoms with E-state index in [1.165, 1.54) is 29.1 Å². The van der Waals surface area contributed by atoms with Crippen molar-refractivity contribution >= 4 is 46.6 Å². The summed E-state index contributed by atoms with van der Waals surface area (Å²) in [6.07, 6.45) is 1.47. The number of para-hydroxylation sites is 2. The van der Waals surface area contributed by atoms with Crippen molar-refractivity contribution in [2.75, 3.05) is 16.9 Å². The van der Waals surface area contributed by atoms with Crippen molar-refractivity contribution in [2.24, 2.45) is 0 Å². The second kappa shape index (κ2) is 8.41. The summed E-state index contributed by atoms with van der Waals surface area (Å²) in [5.41, 5.74) is 1.58. The van der Waals surface area contributed by atoms with Crippen molar-refractivity contribution < 1.29 is 19.4 Å². The van der Waals surface area contributed by atoms with E-state index in [0.717, 1.165) is 0 Å².